The van der Waals surface area contributed by atoms with Gasteiger partial charge in [0.1, 0.15) is 5.82 Å². The molecule has 5 heterocycles. The summed E-state index contributed by atoms with van der Waals surface area (Å²) in [5.74, 6) is -3.51. The Bertz CT molecular complexity index is 4410. The molecule has 0 aromatic heterocycles. The number of benzene rings is 8. The molecule has 5 aliphatic heterocycles. The highest BCUT2D eigenvalue weighted by molar-refractivity contribution is 8.00. The number of para-hydroxylation sites is 3. The molecule has 1 unspecified atom stereocenters. The van der Waals surface area contributed by atoms with Crippen molar-refractivity contribution in [1.29, 1.82) is 0 Å². The van der Waals surface area contributed by atoms with Crippen LogP contribution in [0.2, 0.25) is 0 Å². The van der Waals surface area contributed by atoms with E-state index in [1.165, 1.54) is 90.2 Å². The van der Waals surface area contributed by atoms with Crippen LogP contribution in [0.3, 0.4) is 0 Å². The van der Waals surface area contributed by atoms with Crippen LogP contribution in [-0.4, -0.2) is 171 Å². The van der Waals surface area contributed by atoms with Crippen molar-refractivity contribution in [3.05, 3.63) is 192 Å². The third kappa shape index (κ3) is 18.4. The molecule has 8 aromatic carbocycles. The van der Waals surface area contributed by atoms with Crippen molar-refractivity contribution in [3.8, 4) is 0 Å². The van der Waals surface area contributed by atoms with E-state index in [1.54, 1.807) is 89.0 Å². The van der Waals surface area contributed by atoms with Crippen molar-refractivity contribution < 1.29 is 44.0 Å². The van der Waals surface area contributed by atoms with Crippen LogP contribution in [0.25, 0.3) is 0 Å². The van der Waals surface area contributed by atoms with Crippen LogP contribution >= 0.6 is 47.0 Å². The molecular weight excluding hydrogens is 1380 g/mol. The Morgan fingerprint density at radius 1 is 0.423 bits per heavy atom. The van der Waals surface area contributed by atoms with E-state index in [0.29, 0.717) is 6.04 Å². The summed E-state index contributed by atoms with van der Waals surface area (Å²) in [6.07, 6.45) is 4.78. The quantitative estimate of drug-likeness (QED) is 0.0504. The van der Waals surface area contributed by atoms with Crippen molar-refractivity contribution in [2.24, 2.45) is 0 Å². The summed E-state index contributed by atoms with van der Waals surface area (Å²) in [7, 11) is 12.3. The molecule has 104 heavy (non-hydrogen) atoms. The largest absolute Gasteiger partial charge is 0.481 e. The number of fused-ring (bicyclic) bond motifs is 8. The topological polar surface area (TPSA) is 175 Å². The van der Waals surface area contributed by atoms with E-state index in [-0.39, 0.29) is 12.2 Å². The van der Waals surface area contributed by atoms with E-state index in [4.69, 9.17) is 5.11 Å². The molecule has 0 bridgehead atoms. The highest BCUT2D eigenvalue weighted by atomic mass is 32.2. The molecule has 0 saturated carbocycles. The molecule has 0 aliphatic carbocycles. The number of nitrogens with zero attached hydrogens (tertiary/aromatic N) is 8. The van der Waals surface area contributed by atoms with E-state index >= 15 is 0 Å². The van der Waals surface area contributed by atoms with Gasteiger partial charge < -0.3 is 59.6 Å². The number of hydrogen-bond acceptors (Lipinski definition) is 16. The zero-order valence-corrected chi connectivity index (χ0v) is 65.3. The number of carboxylic acids is 4. The van der Waals surface area contributed by atoms with Crippen molar-refractivity contribution in [2.45, 2.75) is 142 Å². The SMILES string of the molecule is CC(C)(C(=O)O)c1ccc2c(c1)N(CCCN1CCCC1)c1ccccc1S2.CC(CN1c2ccccc2Sc2ccc(C(C)(C)C(=O)O)cc21)N(C)C.CN(C)CCCN1c2ccccc2Sc2ccc(C(C)(C)C(=O)O)cc21.CN(C)CCN1c2ccc(F)cc2Sc2ccc(CC(=O)O)cc21. The van der Waals surface area contributed by atoms with E-state index in [2.05, 4.69) is 184 Å². The van der Waals surface area contributed by atoms with Crippen LogP contribution in [0.1, 0.15) is 96.4 Å². The van der Waals surface area contributed by atoms with Gasteiger partial charge in [-0.05, 0) is 268 Å². The third-order valence-corrected chi connectivity index (χ3v) is 24.4. The number of anilines is 8. The van der Waals surface area contributed by atoms with Gasteiger partial charge in [0.15, 0.2) is 0 Å². The van der Waals surface area contributed by atoms with Crippen LogP contribution < -0.4 is 19.6 Å². The van der Waals surface area contributed by atoms with Gasteiger partial charge in [0, 0.05) is 77.9 Å². The molecular formula is C83H99FN8O8S4. The van der Waals surface area contributed by atoms with E-state index in [1.807, 2.05) is 50.5 Å². The summed E-state index contributed by atoms with van der Waals surface area (Å²) in [6, 6.07) is 54.5. The number of likely N-dealkylation sites (N-methyl/N-ethyl adjacent to an activating group) is 2. The zero-order valence-electron chi connectivity index (χ0n) is 62.1. The smallest absolute Gasteiger partial charge is 0.313 e. The van der Waals surface area contributed by atoms with Gasteiger partial charge in [-0.25, -0.2) is 4.39 Å². The zero-order chi connectivity index (χ0) is 74.9. The molecule has 13 rings (SSSR count). The van der Waals surface area contributed by atoms with Crippen molar-refractivity contribution in [2.75, 3.05) is 121 Å². The maximum atomic E-state index is 13.6. The minimum absolute atomic E-state index is 0.00422. The van der Waals surface area contributed by atoms with Crippen molar-refractivity contribution in [1.82, 2.24) is 19.6 Å². The minimum Gasteiger partial charge on any atom is -0.481 e. The summed E-state index contributed by atoms with van der Waals surface area (Å²) >= 11 is 6.79. The standard InChI is InChI=1S/C23H28N2O2S.2C21H26N2O2S.C18H19FN2O2S/c1-23(2,22(26)27)17-10-11-21-19(16-17)25(15-7-14-24-12-5-6-13-24)18-8-3-4-9-20(18)28-21;1-14(22(4)5)13-23-16-8-6-7-9-18(16)26-19-11-10-15(12-17(19)23)21(2,3)20(24)25;1-21(2,20(24)25)15-10-11-19-17(14-15)23(13-7-12-22(3)4)16-8-5-6-9-18(16)26-19;1-20(2)7-8-21-14-5-4-13(19)11-17(14)24-16-6-3-12(9-15(16)21)10-18(22)23/h3-4,8-11,16H,5-7,12-15H2,1-2H3,(H,26,27);6-12,14H,13H2,1-5H3,(H,24,25);5-6,8-11,14H,7,12-13H2,1-4H3,(H,24,25);3-6,9,11H,7-8,10H2,1-2H3,(H,22,23). The maximum absolute atomic E-state index is 13.6. The van der Waals surface area contributed by atoms with Crippen LogP contribution in [-0.2, 0) is 41.8 Å². The second kappa shape index (κ2) is 34.1. The third-order valence-electron chi connectivity index (χ3n) is 19.9. The van der Waals surface area contributed by atoms with Crippen molar-refractivity contribution in [3.63, 3.8) is 0 Å². The van der Waals surface area contributed by atoms with Crippen molar-refractivity contribution >= 4 is 116 Å². The summed E-state index contributed by atoms with van der Waals surface area (Å²) in [5.41, 5.74) is 9.44. The average Bonchev–Trinajstić information content (AvgIpc) is 0.908. The number of rotatable bonds is 22. The molecule has 8 aromatic rings. The van der Waals surface area contributed by atoms with E-state index in [0.717, 1.165) is 119 Å². The summed E-state index contributed by atoms with van der Waals surface area (Å²) in [4.78, 5) is 73.6. The van der Waals surface area contributed by atoms with Crippen LogP contribution in [0.4, 0.5) is 49.9 Å². The first-order chi connectivity index (χ1) is 49.4. The van der Waals surface area contributed by atoms with Gasteiger partial charge in [0.2, 0.25) is 0 Å². The predicted octanol–water partition coefficient (Wildman–Crippen LogP) is 18.0. The first-order valence-electron chi connectivity index (χ1n) is 35.5. The Kier molecular flexibility index (Phi) is 25.7. The van der Waals surface area contributed by atoms with Gasteiger partial charge >= 0.3 is 23.9 Å². The first kappa shape index (κ1) is 78.6. The molecule has 1 saturated heterocycles. The van der Waals surface area contributed by atoms with E-state index < -0.39 is 40.1 Å². The number of likely N-dealkylation sites (tertiary alicyclic amines) is 1. The highest BCUT2D eigenvalue weighted by Crippen LogP contribution is 2.53. The summed E-state index contributed by atoms with van der Waals surface area (Å²) < 4.78 is 13.6. The Hall–Kier alpha value is -7.99. The lowest BCUT2D eigenvalue weighted by molar-refractivity contribution is -0.143. The van der Waals surface area contributed by atoms with Crippen LogP contribution in [0.5, 0.6) is 0 Å². The normalized spacial score (nSPS) is 14.5. The second-order valence-corrected chi connectivity index (χ2v) is 33.7. The summed E-state index contributed by atoms with van der Waals surface area (Å²) in [5, 5.41) is 37.9. The van der Waals surface area contributed by atoms with Gasteiger partial charge in [-0.3, -0.25) is 19.2 Å². The average molecular weight is 1480 g/mol. The molecule has 0 amide bonds. The predicted molar refractivity (Wildman–Crippen MR) is 425 cm³/mol. The Morgan fingerprint density at radius 3 is 1.23 bits per heavy atom. The number of carbonyl (C=O) groups is 4. The van der Waals surface area contributed by atoms with Crippen LogP contribution in [0, 0.1) is 5.82 Å². The van der Waals surface area contributed by atoms with Gasteiger partial charge in [-0.15, -0.1) is 0 Å². The monoisotopic (exact) mass is 1480 g/mol. The fraction of sp³-hybridized carbons (Fsp3) is 0.373. The molecule has 21 heteroatoms. The second-order valence-electron chi connectivity index (χ2n) is 29.4. The van der Waals surface area contributed by atoms with Crippen LogP contribution in [0.15, 0.2) is 203 Å². The minimum atomic E-state index is -0.921. The first-order valence-corrected chi connectivity index (χ1v) is 38.7. The molecule has 5 aliphatic rings. The molecule has 1 atom stereocenters. The number of halogens is 1. The lowest BCUT2D eigenvalue weighted by Crippen LogP contribution is -2.37. The Labute approximate surface area is 630 Å². The van der Waals surface area contributed by atoms with Gasteiger partial charge in [0.05, 0.1) is 68.2 Å². The molecule has 1 fully saturated rings. The lowest BCUT2D eigenvalue weighted by atomic mass is 9.84. The summed E-state index contributed by atoms with van der Waals surface area (Å²) in [6.45, 7) is 21.7. The molecule has 0 radical (unpaired) electrons. The molecule has 4 N–H and O–H groups in total. The fourth-order valence-electron chi connectivity index (χ4n) is 12.9. The lowest BCUT2D eigenvalue weighted by Gasteiger charge is -2.37. The number of aliphatic carboxylic acids is 4. The molecule has 550 valence electrons. The number of carboxylic acid groups (broad SMARTS) is 4. The highest BCUT2D eigenvalue weighted by Gasteiger charge is 2.36. The van der Waals surface area contributed by atoms with Gasteiger partial charge in [-0.1, -0.05) is 108 Å². The maximum Gasteiger partial charge on any atom is 0.313 e. The van der Waals surface area contributed by atoms with Gasteiger partial charge in [0.25, 0.3) is 0 Å². The molecule has 0 spiro atoms. The molecule has 16 nitrogen and oxygen atoms in total. The number of hydrogen-bond donors (Lipinski definition) is 4. The van der Waals surface area contributed by atoms with E-state index in [9.17, 15) is 38.9 Å². The van der Waals surface area contributed by atoms with Gasteiger partial charge in [-0.2, -0.15) is 0 Å². The Morgan fingerprint density at radius 2 is 0.798 bits per heavy atom. The Balaban J connectivity index is 0.000000149. The fourth-order valence-corrected chi connectivity index (χ4v) is 17.2.